The lowest BCUT2D eigenvalue weighted by molar-refractivity contribution is -0.142. The molecule has 132 valence electrons. The molecule has 0 bridgehead atoms. The highest BCUT2D eigenvalue weighted by Gasteiger charge is 2.25. The van der Waals surface area contributed by atoms with Crippen LogP contribution in [0, 0.1) is 5.89 Å². The molecule has 3 N–H and O–H groups in total. The first-order valence-corrected chi connectivity index (χ1v) is 8.00. The highest BCUT2D eigenvalue weighted by Crippen LogP contribution is 2.27. The van der Waals surface area contributed by atoms with Crippen LogP contribution in [0.4, 0.5) is 4.79 Å². The molecule has 0 unspecified atom stereocenters. The fourth-order valence-electron chi connectivity index (χ4n) is 2.46. The highest BCUT2D eigenvalue weighted by molar-refractivity contribution is 5.86. The third kappa shape index (κ3) is 8.42. The zero-order valence-electron chi connectivity index (χ0n) is 15.1. The lowest BCUT2D eigenvalue weighted by Crippen LogP contribution is -2.47. The molecule has 1 rings (SSSR count). The Balaban J connectivity index is 2.48. The van der Waals surface area contributed by atoms with Crippen molar-refractivity contribution in [2.45, 2.75) is 70.9 Å². The van der Waals surface area contributed by atoms with E-state index in [1.165, 1.54) is 0 Å². The third-order valence-corrected chi connectivity index (χ3v) is 3.48. The van der Waals surface area contributed by atoms with Gasteiger partial charge in [-0.1, -0.05) is 32.1 Å². The summed E-state index contributed by atoms with van der Waals surface area (Å²) in [6.07, 6.45) is 3.48. The second kappa shape index (κ2) is 8.74. The van der Waals surface area contributed by atoms with Crippen LogP contribution in [0.15, 0.2) is 0 Å². The van der Waals surface area contributed by atoms with Crippen molar-refractivity contribution in [2.24, 2.45) is 5.89 Å². The highest BCUT2D eigenvalue weighted by atomic mass is 16.6. The summed E-state index contributed by atoms with van der Waals surface area (Å²) in [5.74, 6) is -2.60. The quantitative estimate of drug-likeness (QED) is 0.692. The minimum Gasteiger partial charge on any atom is -0.480 e. The molecule has 23 heavy (non-hydrogen) atoms. The Kier molecular flexibility index (Phi) is 6.67. The molecule has 2 amide bonds. The summed E-state index contributed by atoms with van der Waals surface area (Å²) in [4.78, 5) is 34.7. The van der Waals surface area contributed by atoms with Crippen LogP contribution >= 0.6 is 0 Å². The number of amides is 2. The Morgan fingerprint density at radius 1 is 1.26 bits per heavy atom. The van der Waals surface area contributed by atoms with E-state index >= 15 is 0 Å². The predicted molar refractivity (Wildman–Crippen MR) is 85.0 cm³/mol. The van der Waals surface area contributed by atoms with Gasteiger partial charge in [-0.2, -0.15) is 0 Å². The SMILES string of the molecule is [2H]C1(C[C@H](NC(=O)CNC(=O)OC(C)(C)C)C(=O)O)CCCCC1. The summed E-state index contributed by atoms with van der Waals surface area (Å²) in [6, 6.07) is -1.13. The number of carbonyl (C=O) groups excluding carboxylic acids is 2. The van der Waals surface area contributed by atoms with Gasteiger partial charge in [-0.05, 0) is 33.1 Å². The maximum atomic E-state index is 11.9. The van der Waals surface area contributed by atoms with Gasteiger partial charge < -0.3 is 20.5 Å². The number of alkyl carbamates (subject to hydrolysis) is 1. The van der Waals surface area contributed by atoms with Crippen molar-refractivity contribution in [3.8, 4) is 0 Å². The van der Waals surface area contributed by atoms with Crippen LogP contribution in [0.3, 0.4) is 0 Å². The Hall–Kier alpha value is -1.79. The summed E-state index contributed by atoms with van der Waals surface area (Å²) >= 11 is 0. The van der Waals surface area contributed by atoms with Crippen LogP contribution in [0.25, 0.3) is 0 Å². The van der Waals surface area contributed by atoms with E-state index in [1.807, 2.05) is 0 Å². The number of ether oxygens (including phenoxy) is 1. The van der Waals surface area contributed by atoms with Crippen LogP contribution in [0.5, 0.6) is 0 Å². The van der Waals surface area contributed by atoms with Crippen molar-refractivity contribution in [3.05, 3.63) is 0 Å². The molecule has 0 heterocycles. The van der Waals surface area contributed by atoms with E-state index < -0.39 is 35.5 Å². The first-order valence-electron chi connectivity index (χ1n) is 8.50. The zero-order chi connectivity index (χ0) is 18.4. The van der Waals surface area contributed by atoms with E-state index in [2.05, 4.69) is 10.6 Å². The normalized spacial score (nSPS) is 19.2. The number of aliphatic carboxylic acids is 1. The van der Waals surface area contributed by atoms with Crippen LogP contribution in [-0.4, -0.2) is 41.3 Å². The molecular weight excluding hydrogens is 300 g/mol. The van der Waals surface area contributed by atoms with Crippen molar-refractivity contribution in [1.29, 1.82) is 0 Å². The molecule has 7 nitrogen and oxygen atoms in total. The van der Waals surface area contributed by atoms with Crippen LogP contribution in [-0.2, 0) is 14.3 Å². The van der Waals surface area contributed by atoms with Gasteiger partial charge in [0.15, 0.2) is 0 Å². The molecule has 1 aliphatic rings. The molecule has 0 aromatic rings. The van der Waals surface area contributed by atoms with E-state index in [4.69, 9.17) is 6.11 Å². The van der Waals surface area contributed by atoms with Gasteiger partial charge in [0.05, 0.1) is 0 Å². The Morgan fingerprint density at radius 2 is 1.87 bits per heavy atom. The van der Waals surface area contributed by atoms with Gasteiger partial charge in [0.25, 0.3) is 0 Å². The minimum atomic E-state index is -1.17. The van der Waals surface area contributed by atoms with E-state index in [1.54, 1.807) is 20.8 Å². The summed E-state index contributed by atoms with van der Waals surface area (Å²) in [5, 5.41) is 13.9. The molecule has 0 radical (unpaired) electrons. The molecule has 7 heteroatoms. The lowest BCUT2D eigenvalue weighted by atomic mass is 9.85. The second-order valence-corrected chi connectivity index (χ2v) is 6.83. The first kappa shape index (κ1) is 17.6. The molecule has 1 atom stereocenters. The molecule has 1 fully saturated rings. The number of carboxylic acids is 1. The van der Waals surface area contributed by atoms with Crippen molar-refractivity contribution in [2.75, 3.05) is 6.54 Å². The molecule has 0 aliphatic heterocycles. The summed E-state index contributed by atoms with van der Waals surface area (Å²) in [7, 11) is 0. The fourth-order valence-corrected chi connectivity index (χ4v) is 2.46. The molecule has 0 spiro atoms. The smallest absolute Gasteiger partial charge is 0.408 e. The third-order valence-electron chi connectivity index (χ3n) is 3.48. The van der Waals surface area contributed by atoms with Crippen molar-refractivity contribution in [3.63, 3.8) is 0 Å². The maximum Gasteiger partial charge on any atom is 0.408 e. The van der Waals surface area contributed by atoms with Gasteiger partial charge in [-0.3, -0.25) is 4.79 Å². The van der Waals surface area contributed by atoms with Crippen LogP contribution in [0.1, 0.15) is 60.7 Å². The number of hydrogen-bond acceptors (Lipinski definition) is 4. The first-order chi connectivity index (χ1) is 11.0. The Morgan fingerprint density at radius 3 is 2.39 bits per heavy atom. The molecule has 0 saturated heterocycles. The van der Waals surface area contributed by atoms with Gasteiger partial charge in [-0.15, -0.1) is 0 Å². The average molecular weight is 329 g/mol. The number of nitrogens with one attached hydrogen (secondary N) is 2. The monoisotopic (exact) mass is 329 g/mol. The summed E-state index contributed by atoms with van der Waals surface area (Å²) in [6.45, 7) is 4.73. The Bertz CT molecular complexity index is 470. The molecule has 0 aromatic carbocycles. The van der Waals surface area contributed by atoms with Gasteiger partial charge in [0.2, 0.25) is 5.91 Å². The molecule has 0 aromatic heterocycles. The van der Waals surface area contributed by atoms with E-state index in [0.717, 1.165) is 19.3 Å². The number of hydrogen-bond donors (Lipinski definition) is 3. The molecular formula is C16H28N2O5. The van der Waals surface area contributed by atoms with Crippen LogP contribution < -0.4 is 10.6 Å². The largest absolute Gasteiger partial charge is 0.480 e. The zero-order valence-corrected chi connectivity index (χ0v) is 14.1. The van der Waals surface area contributed by atoms with E-state index in [-0.39, 0.29) is 13.0 Å². The average Bonchev–Trinajstić information content (AvgIpc) is 2.43. The van der Waals surface area contributed by atoms with Gasteiger partial charge in [0.1, 0.15) is 18.2 Å². The van der Waals surface area contributed by atoms with Crippen molar-refractivity contribution >= 4 is 18.0 Å². The number of carbonyl (C=O) groups is 3. The fraction of sp³-hybridized carbons (Fsp3) is 0.812. The predicted octanol–water partition coefficient (Wildman–Crippen LogP) is 2.05. The van der Waals surface area contributed by atoms with Crippen molar-refractivity contribution < 1.29 is 25.6 Å². The molecule has 1 saturated carbocycles. The van der Waals surface area contributed by atoms with Crippen molar-refractivity contribution in [1.82, 2.24) is 10.6 Å². The number of rotatable bonds is 6. The van der Waals surface area contributed by atoms with Gasteiger partial charge in [-0.25, -0.2) is 9.59 Å². The topological polar surface area (TPSA) is 105 Å². The standard InChI is InChI=1S/C16H28N2O5/c1-16(2,3)23-15(22)17-10-13(19)18-12(14(20)21)9-11-7-5-4-6-8-11/h11-12H,4-10H2,1-3H3,(H,17,22)(H,18,19)(H,20,21)/t12-/m0/s1/i11D. The van der Waals surface area contributed by atoms with Gasteiger partial charge in [0, 0.05) is 1.37 Å². The summed E-state index contributed by atoms with van der Waals surface area (Å²) in [5.41, 5.74) is -0.678. The second-order valence-electron chi connectivity index (χ2n) is 6.83. The maximum absolute atomic E-state index is 11.9. The van der Waals surface area contributed by atoms with Gasteiger partial charge >= 0.3 is 12.1 Å². The lowest BCUT2D eigenvalue weighted by Gasteiger charge is -2.25. The molecule has 1 aliphatic carbocycles. The van der Waals surface area contributed by atoms with E-state index in [0.29, 0.717) is 12.8 Å². The van der Waals surface area contributed by atoms with E-state index in [9.17, 15) is 19.5 Å². The minimum absolute atomic E-state index is 0.0700. The number of carboxylic acid groups (broad SMARTS) is 1. The summed E-state index contributed by atoms with van der Waals surface area (Å²) < 4.78 is 13.4. The van der Waals surface area contributed by atoms with Crippen LogP contribution in [0.2, 0.25) is 0 Å². The Labute approximate surface area is 138 Å².